The summed E-state index contributed by atoms with van der Waals surface area (Å²) in [7, 11) is -0.813. The van der Waals surface area contributed by atoms with E-state index in [1.54, 1.807) is 6.26 Å². The normalized spacial score (nSPS) is 14.5. The minimum absolute atomic E-state index is 0.143. The van der Waals surface area contributed by atoms with E-state index in [0.717, 1.165) is 6.42 Å². The van der Waals surface area contributed by atoms with E-state index in [2.05, 4.69) is 15.3 Å². The molecule has 0 aliphatic carbocycles. The SMILES string of the molecule is CC(C)c1nc(NCCC(C)S(C)=O)cc(=O)[nH]1. The molecule has 0 aliphatic heterocycles. The molecule has 0 fully saturated rings. The van der Waals surface area contributed by atoms with Gasteiger partial charge >= 0.3 is 0 Å². The summed E-state index contributed by atoms with van der Waals surface area (Å²) in [5, 5.41) is 3.24. The van der Waals surface area contributed by atoms with Crippen LogP contribution >= 0.6 is 0 Å². The molecule has 1 rings (SSSR count). The predicted molar refractivity (Wildman–Crippen MR) is 75.6 cm³/mol. The van der Waals surface area contributed by atoms with Crippen LogP contribution in [0.4, 0.5) is 5.82 Å². The minimum atomic E-state index is -0.813. The summed E-state index contributed by atoms with van der Waals surface area (Å²) in [5.41, 5.74) is -0.150. The number of rotatable bonds is 6. The first kappa shape index (κ1) is 14.9. The first-order valence-electron chi connectivity index (χ1n) is 6.07. The van der Waals surface area contributed by atoms with Crippen LogP contribution in [0.25, 0.3) is 0 Å². The van der Waals surface area contributed by atoms with Gasteiger partial charge in [0.15, 0.2) is 0 Å². The third-order valence-corrected chi connectivity index (χ3v) is 4.10. The van der Waals surface area contributed by atoms with E-state index >= 15 is 0 Å². The van der Waals surface area contributed by atoms with E-state index in [4.69, 9.17) is 0 Å². The molecule has 0 amide bonds. The zero-order valence-corrected chi connectivity index (χ0v) is 12.1. The molecule has 1 heterocycles. The molecule has 0 saturated heterocycles. The van der Waals surface area contributed by atoms with Crippen molar-refractivity contribution in [3.63, 3.8) is 0 Å². The number of nitrogens with zero attached hydrogens (tertiary/aromatic N) is 1. The molecule has 0 aliphatic rings. The molecule has 102 valence electrons. The molecule has 0 spiro atoms. The van der Waals surface area contributed by atoms with Gasteiger partial charge in [0.2, 0.25) is 0 Å². The zero-order valence-electron chi connectivity index (χ0n) is 11.3. The monoisotopic (exact) mass is 271 g/mol. The van der Waals surface area contributed by atoms with E-state index in [9.17, 15) is 9.00 Å². The van der Waals surface area contributed by atoms with Crippen LogP contribution < -0.4 is 10.9 Å². The van der Waals surface area contributed by atoms with Crippen molar-refractivity contribution >= 4 is 16.6 Å². The van der Waals surface area contributed by atoms with Crippen molar-refractivity contribution in [2.24, 2.45) is 0 Å². The Kier molecular flexibility index (Phi) is 5.53. The fourth-order valence-corrected chi connectivity index (χ4v) is 1.86. The van der Waals surface area contributed by atoms with Crippen molar-refractivity contribution in [1.82, 2.24) is 9.97 Å². The molecule has 18 heavy (non-hydrogen) atoms. The van der Waals surface area contributed by atoms with Gasteiger partial charge in [0.1, 0.15) is 11.6 Å². The molecule has 0 saturated carbocycles. The highest BCUT2D eigenvalue weighted by molar-refractivity contribution is 7.84. The van der Waals surface area contributed by atoms with E-state index in [0.29, 0.717) is 18.2 Å². The lowest BCUT2D eigenvalue weighted by molar-refractivity contribution is 0.672. The minimum Gasteiger partial charge on any atom is -0.370 e. The maximum absolute atomic E-state index is 11.4. The Labute approximate surface area is 110 Å². The van der Waals surface area contributed by atoms with Crippen LogP contribution in [0.2, 0.25) is 0 Å². The van der Waals surface area contributed by atoms with Crippen molar-refractivity contribution in [2.45, 2.75) is 38.4 Å². The number of aromatic nitrogens is 2. The van der Waals surface area contributed by atoms with Gasteiger partial charge in [-0.3, -0.25) is 9.00 Å². The average molecular weight is 271 g/mol. The maximum atomic E-state index is 11.4. The second kappa shape index (κ2) is 6.68. The summed E-state index contributed by atoms with van der Waals surface area (Å²) < 4.78 is 11.2. The Morgan fingerprint density at radius 1 is 1.44 bits per heavy atom. The van der Waals surface area contributed by atoms with Gasteiger partial charge < -0.3 is 10.3 Å². The van der Waals surface area contributed by atoms with Crippen molar-refractivity contribution in [3.8, 4) is 0 Å². The number of aromatic amines is 1. The van der Waals surface area contributed by atoms with Gasteiger partial charge in [-0.2, -0.15) is 0 Å². The highest BCUT2D eigenvalue weighted by Gasteiger charge is 2.07. The molecule has 6 heteroatoms. The molecule has 0 bridgehead atoms. The Morgan fingerprint density at radius 2 is 2.11 bits per heavy atom. The molecule has 2 N–H and O–H groups in total. The van der Waals surface area contributed by atoms with E-state index in [1.165, 1.54) is 6.07 Å². The van der Waals surface area contributed by atoms with Crippen molar-refractivity contribution in [2.75, 3.05) is 18.1 Å². The van der Waals surface area contributed by atoms with Crippen LogP contribution in [0.3, 0.4) is 0 Å². The molecule has 1 aromatic heterocycles. The van der Waals surface area contributed by atoms with Crippen LogP contribution in [0.1, 0.15) is 38.9 Å². The molecule has 0 aromatic carbocycles. The molecular formula is C12H21N3O2S. The predicted octanol–water partition coefficient (Wildman–Crippen LogP) is 1.46. The summed E-state index contributed by atoms with van der Waals surface area (Å²) in [4.78, 5) is 18.5. The van der Waals surface area contributed by atoms with Crippen LogP contribution in [-0.2, 0) is 10.8 Å². The Morgan fingerprint density at radius 3 is 2.67 bits per heavy atom. The fraction of sp³-hybridized carbons (Fsp3) is 0.667. The van der Waals surface area contributed by atoms with E-state index in [1.807, 2.05) is 20.8 Å². The summed E-state index contributed by atoms with van der Waals surface area (Å²) in [6, 6.07) is 1.44. The lowest BCUT2D eigenvalue weighted by atomic mass is 10.2. The fourth-order valence-electron chi connectivity index (χ4n) is 1.41. The molecule has 1 aromatic rings. The number of hydrogen-bond donors (Lipinski definition) is 2. The first-order valence-corrected chi connectivity index (χ1v) is 7.69. The average Bonchev–Trinajstić information content (AvgIpc) is 2.27. The van der Waals surface area contributed by atoms with Crippen LogP contribution in [-0.4, -0.2) is 32.2 Å². The van der Waals surface area contributed by atoms with Gasteiger partial charge in [-0.25, -0.2) is 4.98 Å². The van der Waals surface area contributed by atoms with Crippen molar-refractivity contribution < 1.29 is 4.21 Å². The maximum Gasteiger partial charge on any atom is 0.252 e. The van der Waals surface area contributed by atoms with E-state index in [-0.39, 0.29) is 16.7 Å². The van der Waals surface area contributed by atoms with Gasteiger partial charge in [0.05, 0.1) is 0 Å². The van der Waals surface area contributed by atoms with Gasteiger partial charge in [-0.05, 0) is 6.42 Å². The number of nitrogens with one attached hydrogen (secondary N) is 2. The third-order valence-electron chi connectivity index (χ3n) is 2.73. The van der Waals surface area contributed by atoms with Crippen molar-refractivity contribution in [1.29, 1.82) is 0 Å². The van der Waals surface area contributed by atoms with Crippen LogP contribution in [0.15, 0.2) is 10.9 Å². The summed E-state index contributed by atoms with van der Waals surface area (Å²) in [5.74, 6) is 1.44. The lowest BCUT2D eigenvalue weighted by Crippen LogP contribution is -2.18. The van der Waals surface area contributed by atoms with Crippen LogP contribution in [0, 0.1) is 0 Å². The standard InChI is InChI=1S/C12H21N3O2S/c1-8(2)12-14-10(7-11(16)15-12)13-6-5-9(3)18(4)17/h7-9H,5-6H2,1-4H3,(H2,13,14,15,16). The lowest BCUT2D eigenvalue weighted by Gasteiger charge is -2.11. The van der Waals surface area contributed by atoms with Crippen LogP contribution in [0.5, 0.6) is 0 Å². The molecule has 2 atom stereocenters. The molecule has 2 unspecified atom stereocenters. The number of H-pyrrole nitrogens is 1. The quantitative estimate of drug-likeness (QED) is 0.821. The second-order valence-corrected chi connectivity index (χ2v) is 6.50. The van der Waals surface area contributed by atoms with Gasteiger partial charge in [0, 0.05) is 40.8 Å². The topological polar surface area (TPSA) is 74.8 Å². The smallest absolute Gasteiger partial charge is 0.252 e. The van der Waals surface area contributed by atoms with Gasteiger partial charge in [0.25, 0.3) is 5.56 Å². The van der Waals surface area contributed by atoms with Gasteiger partial charge in [-0.1, -0.05) is 20.8 Å². The number of hydrogen-bond acceptors (Lipinski definition) is 4. The molecule has 0 radical (unpaired) electrons. The Hall–Kier alpha value is -1.17. The molecular weight excluding hydrogens is 250 g/mol. The number of anilines is 1. The van der Waals surface area contributed by atoms with E-state index < -0.39 is 10.8 Å². The largest absolute Gasteiger partial charge is 0.370 e. The molecule has 5 nitrogen and oxygen atoms in total. The summed E-state index contributed by atoms with van der Waals surface area (Å²) in [6.07, 6.45) is 2.49. The first-order chi connectivity index (χ1) is 8.40. The highest BCUT2D eigenvalue weighted by Crippen LogP contribution is 2.09. The Balaban J connectivity index is 2.62. The second-order valence-electron chi connectivity index (χ2n) is 4.70. The van der Waals surface area contributed by atoms with Crippen molar-refractivity contribution in [3.05, 3.63) is 22.2 Å². The Bertz CT molecular complexity index is 471. The third kappa shape index (κ3) is 4.60. The van der Waals surface area contributed by atoms with Gasteiger partial charge in [-0.15, -0.1) is 0 Å². The highest BCUT2D eigenvalue weighted by atomic mass is 32.2. The summed E-state index contributed by atoms with van der Waals surface area (Å²) in [6.45, 7) is 6.56. The zero-order chi connectivity index (χ0) is 13.7. The summed E-state index contributed by atoms with van der Waals surface area (Å²) >= 11 is 0.